The fraction of sp³-hybridized carbons (Fsp3) is 0. The Balaban J connectivity index is 1.45. The molecule has 218 valence electrons. The van der Waals surface area contributed by atoms with Crippen molar-refractivity contribution >= 4 is 65.0 Å². The standard InChI is InChI=1S/C46H28O/c1-3-16-34-29(11-1)13-10-22-36(34)45-39-20-7-5-18-37(39)44(38-19-6-8-21-40(38)45)33-15-9-14-31(27-33)32-23-25-41-43(28-32)47-42-26-24-30-12-2-4-17-35(30)46(41)42/h1-28H/i1D,2D,3D,4D,5D,6D,7D,8D,9D,10D,11D,12D,13D,14D,15D,16D,17D,18D,19D,20D,21D,22D,24D,25D,26D,27D,28D. The molecule has 47 heavy (non-hydrogen) atoms. The lowest BCUT2D eigenvalue weighted by atomic mass is 9.84. The predicted molar refractivity (Wildman–Crippen MR) is 200 cm³/mol. The van der Waals surface area contributed by atoms with Gasteiger partial charge in [-0.1, -0.05) is 145 Å². The van der Waals surface area contributed by atoms with E-state index in [9.17, 15) is 13.7 Å². The van der Waals surface area contributed by atoms with Gasteiger partial charge in [-0.3, -0.25) is 0 Å². The van der Waals surface area contributed by atoms with Crippen LogP contribution < -0.4 is 0 Å². The Kier molecular flexibility index (Phi) is 2.37. The van der Waals surface area contributed by atoms with Crippen molar-refractivity contribution < 1.29 is 41.4 Å². The number of furan rings is 1. The quantitative estimate of drug-likeness (QED) is 0.178. The molecule has 0 saturated heterocycles. The Morgan fingerprint density at radius 3 is 1.68 bits per heavy atom. The van der Waals surface area contributed by atoms with Gasteiger partial charge in [0.1, 0.15) is 11.2 Å². The molecular weight excluding hydrogens is 569 g/mol. The molecule has 10 aromatic rings. The Hall–Kier alpha value is -6.18. The topological polar surface area (TPSA) is 13.1 Å². The second-order valence-corrected chi connectivity index (χ2v) is 10.3. The van der Waals surface area contributed by atoms with E-state index in [0.29, 0.717) is 0 Å². The van der Waals surface area contributed by atoms with Crippen LogP contribution in [-0.4, -0.2) is 0 Å². The predicted octanol–water partition coefficient (Wildman–Crippen LogP) is 13.2. The van der Waals surface area contributed by atoms with E-state index in [0.717, 1.165) is 6.07 Å². The van der Waals surface area contributed by atoms with Crippen molar-refractivity contribution in [2.75, 3.05) is 0 Å². The Bertz CT molecular complexity index is 4300. The summed E-state index contributed by atoms with van der Waals surface area (Å²) in [5.41, 5.74) is -5.16. The van der Waals surface area contributed by atoms with Gasteiger partial charge in [-0.25, -0.2) is 0 Å². The highest BCUT2D eigenvalue weighted by Crippen LogP contribution is 2.46. The van der Waals surface area contributed by atoms with E-state index in [1.165, 1.54) is 0 Å². The molecule has 0 aliphatic rings. The fourth-order valence-corrected chi connectivity index (χ4v) is 5.86. The van der Waals surface area contributed by atoms with Gasteiger partial charge in [0.05, 0.1) is 37.0 Å². The van der Waals surface area contributed by atoms with Gasteiger partial charge in [0.25, 0.3) is 0 Å². The molecule has 9 aromatic carbocycles. The van der Waals surface area contributed by atoms with Crippen LogP contribution in [0.4, 0.5) is 0 Å². The van der Waals surface area contributed by atoms with Crippen LogP contribution in [0.15, 0.2) is 174 Å². The first-order valence-electron chi connectivity index (χ1n) is 27.5. The molecule has 0 spiro atoms. The first-order chi connectivity index (χ1) is 34.6. The smallest absolute Gasteiger partial charge is 0.136 e. The van der Waals surface area contributed by atoms with Crippen molar-refractivity contribution in [3.63, 3.8) is 0 Å². The van der Waals surface area contributed by atoms with Gasteiger partial charge in [-0.2, -0.15) is 0 Å². The lowest BCUT2D eigenvalue weighted by Crippen LogP contribution is -1.92. The van der Waals surface area contributed by atoms with Gasteiger partial charge >= 0.3 is 0 Å². The van der Waals surface area contributed by atoms with Crippen LogP contribution in [0.25, 0.3) is 98.4 Å². The summed E-state index contributed by atoms with van der Waals surface area (Å²) < 4.78 is 248. The molecule has 0 N–H and O–H groups in total. The minimum atomic E-state index is -1.02. The van der Waals surface area contributed by atoms with E-state index >= 15 is 0 Å². The molecule has 0 aliphatic heterocycles. The molecule has 0 radical (unpaired) electrons. The molecule has 0 amide bonds. The molecule has 10 rings (SSSR count). The van der Waals surface area contributed by atoms with Gasteiger partial charge in [0.15, 0.2) is 0 Å². The maximum absolute atomic E-state index is 9.86. The Morgan fingerprint density at radius 2 is 0.936 bits per heavy atom. The fourth-order valence-electron chi connectivity index (χ4n) is 5.86. The van der Waals surface area contributed by atoms with E-state index in [1.807, 2.05) is 0 Å². The van der Waals surface area contributed by atoms with Crippen LogP contribution in [0.5, 0.6) is 0 Å². The maximum Gasteiger partial charge on any atom is 0.136 e. The molecule has 0 atom stereocenters. The van der Waals surface area contributed by atoms with Crippen LogP contribution in [0.1, 0.15) is 37.0 Å². The van der Waals surface area contributed by atoms with Gasteiger partial charge in [0.2, 0.25) is 0 Å². The lowest BCUT2D eigenvalue weighted by Gasteiger charge is -2.19. The average molecular weight is 624 g/mol. The van der Waals surface area contributed by atoms with Gasteiger partial charge < -0.3 is 4.42 Å². The third-order valence-electron chi connectivity index (χ3n) is 7.84. The van der Waals surface area contributed by atoms with Crippen LogP contribution in [0.3, 0.4) is 0 Å². The highest BCUT2D eigenvalue weighted by atomic mass is 16.3. The van der Waals surface area contributed by atoms with E-state index in [-0.39, 0.29) is 21.5 Å². The summed E-state index contributed by atoms with van der Waals surface area (Å²) in [4.78, 5) is 0. The molecule has 0 bridgehead atoms. The monoisotopic (exact) mass is 623 g/mol. The molecule has 0 fully saturated rings. The Morgan fingerprint density at radius 1 is 0.362 bits per heavy atom. The second kappa shape index (κ2) is 10.2. The lowest BCUT2D eigenvalue weighted by molar-refractivity contribution is 0.669. The van der Waals surface area contributed by atoms with Crippen LogP contribution >= 0.6 is 0 Å². The zero-order valence-electron chi connectivity index (χ0n) is 50.5. The maximum atomic E-state index is 9.86. The van der Waals surface area contributed by atoms with Crippen molar-refractivity contribution in [1.82, 2.24) is 0 Å². The summed E-state index contributed by atoms with van der Waals surface area (Å²) >= 11 is 0. The Labute approximate surface area is 309 Å². The van der Waals surface area contributed by atoms with E-state index in [2.05, 4.69) is 0 Å². The van der Waals surface area contributed by atoms with Crippen molar-refractivity contribution in [1.29, 1.82) is 0 Å². The average Bonchev–Trinajstić information content (AvgIpc) is 3.78. The number of benzene rings is 9. The molecule has 0 unspecified atom stereocenters. The SMILES string of the molecule is [2H]c1c([2H])c(-c2cc([2H])c3c(oc4c([2H])c([2H])c5c([2H])c([2H])c([2H])c([2H])c5c43)c2[2H])c([2H])c(-c2c3c([2H])c([2H])c([2H])c([2H])c3c(-c3c([2H])c([2H])c([2H])c4c([2H])c([2H])c([2H])c([2H])c34)c3c([2H])c([2H])c([2H])c([2H])c23)c1[2H]. The number of hydrogen-bond acceptors (Lipinski definition) is 1. The van der Waals surface area contributed by atoms with E-state index < -0.39 is 240 Å². The van der Waals surface area contributed by atoms with Crippen molar-refractivity contribution in [3.8, 4) is 33.4 Å². The van der Waals surface area contributed by atoms with Crippen LogP contribution in [0, 0.1) is 0 Å². The molecule has 1 heteroatoms. The van der Waals surface area contributed by atoms with Crippen molar-refractivity contribution in [3.05, 3.63) is 169 Å². The zero-order valence-corrected chi connectivity index (χ0v) is 23.5. The van der Waals surface area contributed by atoms with E-state index in [4.69, 9.17) is 27.7 Å². The summed E-state index contributed by atoms with van der Waals surface area (Å²) in [5, 5.41) is -5.33. The van der Waals surface area contributed by atoms with Gasteiger partial charge in [0, 0.05) is 10.8 Å². The molecule has 0 saturated carbocycles. The number of rotatable bonds is 3. The summed E-state index contributed by atoms with van der Waals surface area (Å²) in [6.45, 7) is 0. The minimum absolute atomic E-state index is 0.232. The molecular formula is C46H28O. The first kappa shape index (κ1) is 11.0. The normalized spacial score (nSPS) is 19.9. The highest BCUT2D eigenvalue weighted by Gasteiger charge is 2.18. The summed E-state index contributed by atoms with van der Waals surface area (Å²) in [6.07, 6.45) is 0. The summed E-state index contributed by atoms with van der Waals surface area (Å²) in [7, 11) is 0. The highest BCUT2D eigenvalue weighted by molar-refractivity contribution is 6.24. The van der Waals surface area contributed by atoms with Gasteiger partial charge in [-0.05, 0) is 101 Å². The summed E-state index contributed by atoms with van der Waals surface area (Å²) in [5.74, 6) is 0. The third kappa shape index (κ3) is 3.97. The van der Waals surface area contributed by atoms with Crippen LogP contribution in [-0.2, 0) is 0 Å². The number of fused-ring (bicyclic) bond motifs is 8. The van der Waals surface area contributed by atoms with Crippen molar-refractivity contribution in [2.45, 2.75) is 0 Å². The molecule has 0 aliphatic carbocycles. The molecule has 1 aromatic heterocycles. The van der Waals surface area contributed by atoms with E-state index in [1.54, 1.807) is 0 Å². The third-order valence-corrected chi connectivity index (χ3v) is 7.84. The van der Waals surface area contributed by atoms with Crippen molar-refractivity contribution in [2.24, 2.45) is 0 Å². The first-order valence-corrected chi connectivity index (χ1v) is 14.0. The number of hydrogen-bond donors (Lipinski definition) is 0. The second-order valence-electron chi connectivity index (χ2n) is 10.3. The zero-order chi connectivity index (χ0) is 54.4. The van der Waals surface area contributed by atoms with Gasteiger partial charge in [-0.15, -0.1) is 0 Å². The molecule has 1 heterocycles. The largest absolute Gasteiger partial charge is 0.456 e. The van der Waals surface area contributed by atoms with Crippen LogP contribution in [0.2, 0.25) is 0 Å². The molecule has 1 nitrogen and oxygen atoms in total. The summed E-state index contributed by atoms with van der Waals surface area (Å²) in [6, 6.07) is -22.5. The minimum Gasteiger partial charge on any atom is -0.456 e.